The topological polar surface area (TPSA) is 101 Å². The number of hydrogen-bond acceptors (Lipinski definition) is 5. The van der Waals surface area contributed by atoms with E-state index in [4.69, 9.17) is 0 Å². The van der Waals surface area contributed by atoms with Crippen LogP contribution in [0.15, 0.2) is 71.9 Å². The standard InChI is InChI=1S/C24H26N4O4S/c1-18(29)21-8-5-9-23(14-21)33(31,32)28-12-10-20(11-13-28)24(30)26-22-15-25-27(17-22)16-19-6-3-2-4-7-19/h2-9,14-15,17,20H,10-13,16H2,1H3,(H,26,30). The van der Waals surface area contributed by atoms with Crippen molar-refractivity contribution >= 4 is 27.4 Å². The molecule has 172 valence electrons. The van der Waals surface area contributed by atoms with Gasteiger partial charge in [0, 0.05) is 30.8 Å². The third kappa shape index (κ3) is 5.37. The summed E-state index contributed by atoms with van der Waals surface area (Å²) < 4.78 is 29.1. The highest BCUT2D eigenvalue weighted by atomic mass is 32.2. The second-order valence-corrected chi connectivity index (χ2v) is 10.1. The van der Waals surface area contributed by atoms with Crippen LogP contribution in [0.5, 0.6) is 0 Å². The van der Waals surface area contributed by atoms with Crippen LogP contribution < -0.4 is 5.32 Å². The summed E-state index contributed by atoms with van der Waals surface area (Å²) in [5.74, 6) is -0.600. The molecule has 9 heteroatoms. The molecular weight excluding hydrogens is 440 g/mol. The number of nitrogens with one attached hydrogen (secondary N) is 1. The summed E-state index contributed by atoms with van der Waals surface area (Å²) in [6, 6.07) is 16.0. The molecule has 0 unspecified atom stereocenters. The van der Waals surface area contributed by atoms with Crippen molar-refractivity contribution in [2.45, 2.75) is 31.2 Å². The molecule has 4 rings (SSSR count). The number of benzene rings is 2. The van der Waals surface area contributed by atoms with E-state index in [1.54, 1.807) is 29.2 Å². The lowest BCUT2D eigenvalue weighted by molar-refractivity contribution is -0.120. The zero-order valence-corrected chi connectivity index (χ0v) is 19.2. The molecule has 2 heterocycles. The van der Waals surface area contributed by atoms with Crippen LogP contribution in [0.2, 0.25) is 0 Å². The van der Waals surface area contributed by atoms with Gasteiger partial charge in [-0.15, -0.1) is 0 Å². The maximum Gasteiger partial charge on any atom is 0.243 e. The Morgan fingerprint density at radius 2 is 1.79 bits per heavy atom. The van der Waals surface area contributed by atoms with E-state index in [2.05, 4.69) is 10.4 Å². The number of carbonyl (C=O) groups excluding carboxylic acids is 2. The molecule has 33 heavy (non-hydrogen) atoms. The van der Waals surface area contributed by atoms with E-state index < -0.39 is 10.0 Å². The first-order valence-electron chi connectivity index (χ1n) is 10.8. The van der Waals surface area contributed by atoms with Crippen LogP contribution in [0.25, 0.3) is 0 Å². The van der Waals surface area contributed by atoms with Crippen molar-refractivity contribution in [3.63, 3.8) is 0 Å². The Kier molecular flexibility index (Phi) is 6.71. The summed E-state index contributed by atoms with van der Waals surface area (Å²) >= 11 is 0. The number of sulfonamides is 1. The van der Waals surface area contributed by atoms with E-state index >= 15 is 0 Å². The predicted octanol–water partition coefficient (Wildman–Crippen LogP) is 3.17. The average molecular weight is 467 g/mol. The van der Waals surface area contributed by atoms with Gasteiger partial charge in [0.25, 0.3) is 0 Å². The SMILES string of the molecule is CC(=O)c1cccc(S(=O)(=O)N2CCC(C(=O)Nc3cnn(Cc4ccccc4)c3)CC2)c1. The maximum absolute atomic E-state index is 13.0. The summed E-state index contributed by atoms with van der Waals surface area (Å²) in [4.78, 5) is 24.4. The van der Waals surface area contributed by atoms with Gasteiger partial charge in [0.1, 0.15) is 0 Å². The van der Waals surface area contributed by atoms with E-state index in [9.17, 15) is 18.0 Å². The molecule has 1 saturated heterocycles. The van der Waals surface area contributed by atoms with Crippen molar-refractivity contribution in [1.82, 2.24) is 14.1 Å². The molecule has 0 radical (unpaired) electrons. The Hall–Kier alpha value is -3.30. The van der Waals surface area contributed by atoms with Gasteiger partial charge in [-0.25, -0.2) is 8.42 Å². The molecule has 0 aliphatic carbocycles. The fraction of sp³-hybridized carbons (Fsp3) is 0.292. The van der Waals surface area contributed by atoms with Gasteiger partial charge >= 0.3 is 0 Å². The number of nitrogens with zero attached hydrogens (tertiary/aromatic N) is 3. The van der Waals surface area contributed by atoms with Gasteiger partial charge in [0.2, 0.25) is 15.9 Å². The number of aromatic nitrogens is 2. The molecule has 1 aliphatic heterocycles. The Morgan fingerprint density at radius 1 is 1.06 bits per heavy atom. The number of amides is 1. The molecule has 0 bridgehead atoms. The number of hydrogen-bond donors (Lipinski definition) is 1. The molecule has 0 spiro atoms. The molecule has 2 aromatic carbocycles. The highest BCUT2D eigenvalue weighted by Gasteiger charge is 2.32. The second kappa shape index (κ2) is 9.68. The third-order valence-corrected chi connectivity index (χ3v) is 7.69. The van der Waals surface area contributed by atoms with Gasteiger partial charge in [-0.3, -0.25) is 14.3 Å². The van der Waals surface area contributed by atoms with Crippen molar-refractivity contribution in [1.29, 1.82) is 0 Å². The Bertz CT molecular complexity index is 1250. The van der Waals surface area contributed by atoms with E-state index in [0.29, 0.717) is 30.6 Å². The number of rotatable bonds is 7. The van der Waals surface area contributed by atoms with Gasteiger partial charge in [0.05, 0.1) is 23.3 Å². The molecule has 8 nitrogen and oxygen atoms in total. The van der Waals surface area contributed by atoms with Crippen molar-refractivity contribution < 1.29 is 18.0 Å². The van der Waals surface area contributed by atoms with Crippen molar-refractivity contribution in [3.05, 3.63) is 78.1 Å². The molecule has 0 atom stereocenters. The average Bonchev–Trinajstić information content (AvgIpc) is 3.26. The molecule has 1 fully saturated rings. The zero-order chi connectivity index (χ0) is 23.4. The van der Waals surface area contributed by atoms with E-state index in [1.807, 2.05) is 30.3 Å². The minimum absolute atomic E-state index is 0.101. The molecular formula is C24H26N4O4S. The van der Waals surface area contributed by atoms with E-state index in [0.717, 1.165) is 5.56 Å². The van der Waals surface area contributed by atoms with E-state index in [-0.39, 0.29) is 35.6 Å². The predicted molar refractivity (Wildman–Crippen MR) is 124 cm³/mol. The number of carbonyl (C=O) groups is 2. The third-order valence-electron chi connectivity index (χ3n) is 5.79. The molecule has 1 aromatic heterocycles. The van der Waals surface area contributed by atoms with Crippen LogP contribution in [0.1, 0.15) is 35.7 Å². The molecule has 3 aromatic rings. The van der Waals surface area contributed by atoms with Gasteiger partial charge in [-0.05, 0) is 37.5 Å². The smallest absolute Gasteiger partial charge is 0.243 e. The number of ketones is 1. The lowest BCUT2D eigenvalue weighted by Crippen LogP contribution is -2.41. The van der Waals surface area contributed by atoms with Gasteiger partial charge in [0.15, 0.2) is 5.78 Å². The van der Waals surface area contributed by atoms with Crippen LogP contribution in [-0.4, -0.2) is 47.3 Å². The van der Waals surface area contributed by atoms with Gasteiger partial charge in [-0.2, -0.15) is 9.40 Å². The molecule has 1 aliphatic rings. The van der Waals surface area contributed by atoms with Crippen LogP contribution in [-0.2, 0) is 21.4 Å². The van der Waals surface area contributed by atoms with Crippen LogP contribution in [0.4, 0.5) is 5.69 Å². The normalized spacial score (nSPS) is 15.3. The van der Waals surface area contributed by atoms with E-state index in [1.165, 1.54) is 23.4 Å². The summed E-state index contributed by atoms with van der Waals surface area (Å²) in [6.45, 7) is 2.51. The van der Waals surface area contributed by atoms with Crippen molar-refractivity contribution in [2.24, 2.45) is 5.92 Å². The Balaban J connectivity index is 1.34. The number of piperidine rings is 1. The Morgan fingerprint density at radius 3 is 2.48 bits per heavy atom. The highest BCUT2D eigenvalue weighted by molar-refractivity contribution is 7.89. The van der Waals surface area contributed by atoms with Gasteiger partial charge < -0.3 is 5.32 Å². The van der Waals surface area contributed by atoms with Crippen LogP contribution in [0, 0.1) is 5.92 Å². The van der Waals surface area contributed by atoms with Crippen LogP contribution in [0.3, 0.4) is 0 Å². The summed E-state index contributed by atoms with van der Waals surface area (Å²) in [5.41, 5.74) is 2.09. The first-order chi connectivity index (χ1) is 15.8. The number of anilines is 1. The monoisotopic (exact) mass is 466 g/mol. The fourth-order valence-electron chi connectivity index (χ4n) is 3.91. The van der Waals surface area contributed by atoms with Crippen molar-refractivity contribution in [3.8, 4) is 0 Å². The second-order valence-electron chi connectivity index (χ2n) is 8.16. The number of Topliss-reactive ketones (excluding diaryl/α,β-unsaturated/α-hetero) is 1. The zero-order valence-electron chi connectivity index (χ0n) is 18.3. The lowest BCUT2D eigenvalue weighted by atomic mass is 9.97. The first-order valence-corrected chi connectivity index (χ1v) is 12.3. The highest BCUT2D eigenvalue weighted by Crippen LogP contribution is 2.25. The van der Waals surface area contributed by atoms with Crippen LogP contribution >= 0.6 is 0 Å². The molecule has 1 amide bonds. The maximum atomic E-state index is 13.0. The molecule has 1 N–H and O–H groups in total. The minimum Gasteiger partial charge on any atom is -0.323 e. The first kappa shape index (κ1) is 22.9. The summed E-state index contributed by atoms with van der Waals surface area (Å²) in [7, 11) is -3.72. The quantitative estimate of drug-likeness (QED) is 0.539. The summed E-state index contributed by atoms with van der Waals surface area (Å²) in [6.07, 6.45) is 4.25. The summed E-state index contributed by atoms with van der Waals surface area (Å²) in [5, 5.41) is 7.19. The van der Waals surface area contributed by atoms with Crippen molar-refractivity contribution in [2.75, 3.05) is 18.4 Å². The fourth-order valence-corrected chi connectivity index (χ4v) is 5.43. The van der Waals surface area contributed by atoms with Gasteiger partial charge in [-0.1, -0.05) is 42.5 Å². The minimum atomic E-state index is -3.72. The Labute approximate surface area is 193 Å². The lowest BCUT2D eigenvalue weighted by Gasteiger charge is -2.30. The largest absolute Gasteiger partial charge is 0.323 e. The molecule has 0 saturated carbocycles.